The molecule has 0 aromatic heterocycles. The summed E-state index contributed by atoms with van der Waals surface area (Å²) in [7, 11) is 0. The topological polar surface area (TPSA) is 72.8 Å². The molecule has 0 amide bonds. The first kappa shape index (κ1) is 49.1. The summed E-state index contributed by atoms with van der Waals surface area (Å²) in [6.45, 7) is 4.03. The molecule has 0 radical (unpaired) electrons. The molecule has 0 rings (SSSR count). The number of ether oxygens (including phenoxy) is 2. The summed E-state index contributed by atoms with van der Waals surface area (Å²) in [5.74, 6) is -0.602. The Morgan fingerprint density at radius 3 is 1.27 bits per heavy atom. The van der Waals surface area contributed by atoms with Crippen LogP contribution in [0.2, 0.25) is 0 Å². The van der Waals surface area contributed by atoms with Gasteiger partial charge in [-0.3, -0.25) is 9.59 Å². The highest BCUT2D eigenvalue weighted by atomic mass is 16.6. The normalized spacial score (nSPS) is 12.5. The van der Waals surface area contributed by atoms with Crippen LogP contribution in [0.3, 0.4) is 0 Å². The molecule has 0 aromatic carbocycles. The van der Waals surface area contributed by atoms with Crippen molar-refractivity contribution in [3.63, 3.8) is 0 Å². The number of hydrogen-bond donors (Lipinski definition) is 1. The Bertz CT molecular complexity index is 816. The van der Waals surface area contributed by atoms with Crippen LogP contribution in [0.1, 0.15) is 226 Å². The molecule has 0 heterocycles. The van der Waals surface area contributed by atoms with Crippen LogP contribution < -0.4 is 0 Å². The van der Waals surface area contributed by atoms with Gasteiger partial charge >= 0.3 is 11.9 Å². The standard InChI is InChI=1S/C46H84O5/c1-3-5-7-9-11-13-15-17-19-20-21-22-23-24-25-27-28-30-32-34-36-38-40-45(48)50-43-44(42-47)51-46(49)41-39-37-35-33-31-29-26-18-16-14-12-10-8-6-4-2/h6,8,12,14,18,26,44,47H,3-5,7,9-11,13,15-17,19-25,27-43H2,1-2H3/b8-6-,14-12-,26-18-. The summed E-state index contributed by atoms with van der Waals surface area (Å²) in [6, 6.07) is 0. The molecule has 1 N–H and O–H groups in total. The van der Waals surface area contributed by atoms with E-state index >= 15 is 0 Å². The summed E-state index contributed by atoms with van der Waals surface area (Å²) < 4.78 is 10.6. The van der Waals surface area contributed by atoms with Gasteiger partial charge in [0.05, 0.1) is 6.61 Å². The summed E-state index contributed by atoms with van der Waals surface area (Å²) >= 11 is 0. The minimum atomic E-state index is -0.777. The molecule has 0 aromatic rings. The molecule has 0 spiro atoms. The number of unbranched alkanes of at least 4 members (excludes halogenated alkanes) is 26. The van der Waals surface area contributed by atoms with Crippen molar-refractivity contribution in [3.05, 3.63) is 36.5 Å². The molecule has 298 valence electrons. The van der Waals surface area contributed by atoms with Crippen molar-refractivity contribution in [1.29, 1.82) is 0 Å². The van der Waals surface area contributed by atoms with E-state index in [0.29, 0.717) is 12.8 Å². The largest absolute Gasteiger partial charge is 0.462 e. The minimum Gasteiger partial charge on any atom is -0.462 e. The van der Waals surface area contributed by atoms with Gasteiger partial charge in [-0.25, -0.2) is 0 Å². The molecule has 0 aliphatic heterocycles. The van der Waals surface area contributed by atoms with E-state index in [0.717, 1.165) is 70.6 Å². The Kier molecular flexibility index (Phi) is 41.0. The maximum atomic E-state index is 12.2. The highest BCUT2D eigenvalue weighted by Gasteiger charge is 2.16. The summed E-state index contributed by atoms with van der Waals surface area (Å²) in [6.07, 6.45) is 52.2. The number of carbonyl (C=O) groups excluding carboxylic acids is 2. The van der Waals surface area contributed by atoms with Crippen LogP contribution in [0.4, 0.5) is 0 Å². The lowest BCUT2D eigenvalue weighted by Crippen LogP contribution is -2.28. The number of rotatable bonds is 40. The third-order valence-corrected chi connectivity index (χ3v) is 9.70. The minimum absolute atomic E-state index is 0.0698. The van der Waals surface area contributed by atoms with Gasteiger partial charge in [-0.1, -0.05) is 204 Å². The van der Waals surface area contributed by atoms with E-state index in [4.69, 9.17) is 9.47 Å². The third-order valence-electron chi connectivity index (χ3n) is 9.70. The predicted molar refractivity (Wildman–Crippen MR) is 219 cm³/mol. The van der Waals surface area contributed by atoms with Crippen molar-refractivity contribution in [1.82, 2.24) is 0 Å². The molecular weight excluding hydrogens is 633 g/mol. The van der Waals surface area contributed by atoms with Gasteiger partial charge in [0, 0.05) is 12.8 Å². The third kappa shape index (κ3) is 40.7. The van der Waals surface area contributed by atoms with Crippen LogP contribution in [-0.2, 0) is 19.1 Å². The van der Waals surface area contributed by atoms with Gasteiger partial charge in [0.25, 0.3) is 0 Å². The molecule has 1 atom stereocenters. The molecule has 0 aliphatic carbocycles. The molecule has 0 saturated heterocycles. The number of carbonyl (C=O) groups is 2. The zero-order chi connectivity index (χ0) is 37.1. The quantitative estimate of drug-likeness (QED) is 0.0388. The van der Waals surface area contributed by atoms with E-state index in [9.17, 15) is 14.7 Å². The number of esters is 2. The van der Waals surface area contributed by atoms with E-state index in [2.05, 4.69) is 50.3 Å². The average molecular weight is 717 g/mol. The Morgan fingerprint density at radius 2 is 0.843 bits per heavy atom. The fourth-order valence-electron chi connectivity index (χ4n) is 6.39. The van der Waals surface area contributed by atoms with Crippen molar-refractivity contribution in [3.8, 4) is 0 Å². The first-order chi connectivity index (χ1) is 25.1. The molecular formula is C46H84O5. The fraction of sp³-hybridized carbons (Fsp3) is 0.826. The van der Waals surface area contributed by atoms with Crippen molar-refractivity contribution in [2.45, 2.75) is 232 Å². The summed E-state index contributed by atoms with van der Waals surface area (Å²) in [5, 5.41) is 9.57. The second kappa shape index (κ2) is 42.5. The van der Waals surface area contributed by atoms with E-state index in [-0.39, 0.29) is 25.2 Å². The smallest absolute Gasteiger partial charge is 0.306 e. The molecule has 1 unspecified atom stereocenters. The van der Waals surface area contributed by atoms with Crippen LogP contribution in [0.25, 0.3) is 0 Å². The van der Waals surface area contributed by atoms with Crippen LogP contribution in [0.5, 0.6) is 0 Å². The zero-order valence-corrected chi connectivity index (χ0v) is 33.9. The van der Waals surface area contributed by atoms with Crippen molar-refractivity contribution < 1.29 is 24.2 Å². The number of aliphatic hydroxyl groups is 1. The fourth-order valence-corrected chi connectivity index (χ4v) is 6.39. The highest BCUT2D eigenvalue weighted by Crippen LogP contribution is 2.16. The van der Waals surface area contributed by atoms with Gasteiger partial charge in [0.1, 0.15) is 6.61 Å². The Morgan fingerprint density at radius 1 is 0.471 bits per heavy atom. The second-order valence-electron chi connectivity index (χ2n) is 14.8. The van der Waals surface area contributed by atoms with Crippen LogP contribution in [0, 0.1) is 0 Å². The molecule has 0 bridgehead atoms. The molecule has 0 saturated carbocycles. The van der Waals surface area contributed by atoms with Crippen LogP contribution in [-0.4, -0.2) is 36.4 Å². The van der Waals surface area contributed by atoms with Gasteiger partial charge in [0.2, 0.25) is 0 Å². The Labute approximate surface area is 316 Å². The number of aliphatic hydroxyl groups excluding tert-OH is 1. The predicted octanol–water partition coefficient (Wildman–Crippen LogP) is 14.0. The average Bonchev–Trinajstić information content (AvgIpc) is 3.13. The lowest BCUT2D eigenvalue weighted by Gasteiger charge is -2.15. The molecule has 5 nitrogen and oxygen atoms in total. The second-order valence-corrected chi connectivity index (χ2v) is 14.8. The lowest BCUT2D eigenvalue weighted by atomic mass is 10.0. The molecule has 51 heavy (non-hydrogen) atoms. The zero-order valence-electron chi connectivity index (χ0n) is 33.9. The lowest BCUT2D eigenvalue weighted by molar-refractivity contribution is -0.161. The maximum Gasteiger partial charge on any atom is 0.306 e. The Hall–Kier alpha value is -1.88. The Balaban J connectivity index is 3.49. The first-order valence-corrected chi connectivity index (χ1v) is 22.0. The highest BCUT2D eigenvalue weighted by molar-refractivity contribution is 5.70. The van der Waals surface area contributed by atoms with Gasteiger partial charge < -0.3 is 14.6 Å². The van der Waals surface area contributed by atoms with E-state index in [1.165, 1.54) is 128 Å². The summed E-state index contributed by atoms with van der Waals surface area (Å²) in [4.78, 5) is 24.3. The van der Waals surface area contributed by atoms with Gasteiger partial charge in [-0.05, 0) is 44.9 Å². The monoisotopic (exact) mass is 717 g/mol. The molecule has 5 heteroatoms. The van der Waals surface area contributed by atoms with Crippen molar-refractivity contribution in [2.75, 3.05) is 13.2 Å². The first-order valence-electron chi connectivity index (χ1n) is 22.0. The van der Waals surface area contributed by atoms with E-state index in [1.54, 1.807) is 0 Å². The van der Waals surface area contributed by atoms with Gasteiger partial charge in [-0.15, -0.1) is 0 Å². The molecule has 0 fully saturated rings. The van der Waals surface area contributed by atoms with Gasteiger partial charge in [-0.2, -0.15) is 0 Å². The van der Waals surface area contributed by atoms with Crippen LogP contribution in [0.15, 0.2) is 36.5 Å². The van der Waals surface area contributed by atoms with Crippen molar-refractivity contribution >= 4 is 11.9 Å². The molecule has 0 aliphatic rings. The maximum absolute atomic E-state index is 12.2. The van der Waals surface area contributed by atoms with Crippen LogP contribution >= 0.6 is 0 Å². The SMILES string of the molecule is CC/C=C\C/C=C\C/C=C\CCCCCCCC(=O)OC(CO)COC(=O)CCCCCCCCCCCCCCCCCCCCCCCC. The number of allylic oxidation sites excluding steroid dienone is 6. The van der Waals surface area contributed by atoms with Gasteiger partial charge in [0.15, 0.2) is 6.10 Å². The van der Waals surface area contributed by atoms with E-state index < -0.39 is 6.10 Å². The number of hydrogen-bond acceptors (Lipinski definition) is 5. The summed E-state index contributed by atoms with van der Waals surface area (Å²) in [5.41, 5.74) is 0. The van der Waals surface area contributed by atoms with E-state index in [1.807, 2.05) is 0 Å². The van der Waals surface area contributed by atoms with Crippen molar-refractivity contribution in [2.24, 2.45) is 0 Å².